The molecule has 0 aromatic heterocycles. The number of allylic oxidation sites excluding steroid dienone is 1. The van der Waals surface area contributed by atoms with Crippen LogP contribution in [0.15, 0.2) is 30.3 Å². The van der Waals surface area contributed by atoms with Gasteiger partial charge in [-0.3, -0.25) is 4.90 Å². The number of nitrogens with zero attached hydrogens (tertiary/aromatic N) is 3. The second-order valence-corrected chi connectivity index (χ2v) is 5.24. The maximum atomic E-state index is 8.52. The van der Waals surface area contributed by atoms with Crippen LogP contribution in [-0.4, -0.2) is 37.6 Å². The summed E-state index contributed by atoms with van der Waals surface area (Å²) in [5.74, 6) is 0. The molecule has 0 atom stereocenters. The number of nitriles is 1. The van der Waals surface area contributed by atoms with E-state index in [2.05, 4.69) is 41.0 Å². The van der Waals surface area contributed by atoms with Crippen molar-refractivity contribution >= 4 is 11.8 Å². The zero-order valence-electron chi connectivity index (χ0n) is 12.3. The van der Waals surface area contributed by atoms with Gasteiger partial charge in [-0.15, -0.1) is 0 Å². The summed E-state index contributed by atoms with van der Waals surface area (Å²) < 4.78 is 0. The van der Waals surface area contributed by atoms with Crippen LogP contribution >= 0.6 is 0 Å². The van der Waals surface area contributed by atoms with Crippen molar-refractivity contribution in [1.29, 1.82) is 5.26 Å². The molecule has 20 heavy (non-hydrogen) atoms. The lowest BCUT2D eigenvalue weighted by molar-refractivity contribution is 0.254. The van der Waals surface area contributed by atoms with Crippen LogP contribution < -0.4 is 4.90 Å². The lowest BCUT2D eigenvalue weighted by atomic mass is 10.1. The van der Waals surface area contributed by atoms with Gasteiger partial charge in [0.15, 0.2) is 0 Å². The number of anilines is 1. The van der Waals surface area contributed by atoms with E-state index in [1.807, 2.05) is 12.1 Å². The van der Waals surface area contributed by atoms with E-state index in [0.717, 1.165) is 31.7 Å². The number of rotatable bonds is 5. The largest absolute Gasteiger partial charge is 0.369 e. The molecule has 1 saturated heterocycles. The summed E-state index contributed by atoms with van der Waals surface area (Å²) >= 11 is 0. The highest BCUT2D eigenvalue weighted by Gasteiger charge is 2.16. The molecule has 0 bridgehead atoms. The summed E-state index contributed by atoms with van der Waals surface area (Å²) in [5.41, 5.74) is 2.37. The Balaban J connectivity index is 1.87. The highest BCUT2D eigenvalue weighted by Crippen LogP contribution is 2.18. The van der Waals surface area contributed by atoms with Crippen LogP contribution in [0.25, 0.3) is 6.08 Å². The van der Waals surface area contributed by atoms with E-state index in [9.17, 15) is 0 Å². The van der Waals surface area contributed by atoms with Crippen molar-refractivity contribution in [2.24, 2.45) is 0 Å². The van der Waals surface area contributed by atoms with Gasteiger partial charge in [-0.1, -0.05) is 25.5 Å². The van der Waals surface area contributed by atoms with Gasteiger partial charge in [0.1, 0.15) is 0 Å². The van der Waals surface area contributed by atoms with Gasteiger partial charge in [-0.2, -0.15) is 5.26 Å². The molecule has 3 heteroatoms. The highest BCUT2D eigenvalue weighted by atomic mass is 15.3. The molecule has 1 aromatic rings. The van der Waals surface area contributed by atoms with Crippen LogP contribution in [-0.2, 0) is 0 Å². The zero-order chi connectivity index (χ0) is 14.2. The average molecular weight is 269 g/mol. The van der Waals surface area contributed by atoms with E-state index in [1.54, 1.807) is 0 Å². The normalized spacial score (nSPS) is 16.5. The van der Waals surface area contributed by atoms with Crippen molar-refractivity contribution in [3.63, 3.8) is 0 Å². The minimum absolute atomic E-state index is 1.08. The van der Waals surface area contributed by atoms with Crippen LogP contribution in [0.5, 0.6) is 0 Å². The van der Waals surface area contributed by atoms with Crippen LogP contribution in [0, 0.1) is 11.3 Å². The molecule has 106 valence electrons. The average Bonchev–Trinajstić information content (AvgIpc) is 2.52. The Morgan fingerprint density at radius 2 is 1.85 bits per heavy atom. The Labute approximate surface area is 122 Å². The van der Waals surface area contributed by atoms with E-state index in [0.29, 0.717) is 0 Å². The fraction of sp³-hybridized carbons (Fsp3) is 0.471. The molecule has 0 aliphatic carbocycles. The van der Waals surface area contributed by atoms with Gasteiger partial charge in [0.05, 0.1) is 6.07 Å². The van der Waals surface area contributed by atoms with Crippen molar-refractivity contribution in [2.45, 2.75) is 19.8 Å². The second kappa shape index (κ2) is 7.72. The first-order valence-electron chi connectivity index (χ1n) is 7.47. The Hall–Kier alpha value is -1.79. The van der Waals surface area contributed by atoms with Crippen molar-refractivity contribution < 1.29 is 0 Å². The van der Waals surface area contributed by atoms with E-state index in [-0.39, 0.29) is 0 Å². The Kier molecular flexibility index (Phi) is 5.64. The van der Waals surface area contributed by atoms with Gasteiger partial charge in [0, 0.05) is 37.9 Å². The Bertz CT molecular complexity index is 462. The molecule has 1 aromatic carbocycles. The van der Waals surface area contributed by atoms with Gasteiger partial charge in [-0.05, 0) is 36.7 Å². The first-order valence-corrected chi connectivity index (χ1v) is 7.47. The first kappa shape index (κ1) is 14.6. The standard InChI is InChI=1S/C17H23N3/c1-2-3-11-19-12-14-20(15-13-19)17-8-6-16(7-9-17)5-4-10-18/h4-9H,2-3,11-15H2,1H3/b5-4+. The number of unbranched alkanes of at least 4 members (excludes halogenated alkanes) is 1. The SMILES string of the molecule is CCCCN1CCN(c2ccc(/C=C/C#N)cc2)CC1. The van der Waals surface area contributed by atoms with Gasteiger partial charge >= 0.3 is 0 Å². The fourth-order valence-corrected chi connectivity index (χ4v) is 2.54. The lowest BCUT2D eigenvalue weighted by Crippen LogP contribution is -2.46. The summed E-state index contributed by atoms with van der Waals surface area (Å²) in [6, 6.07) is 10.5. The van der Waals surface area contributed by atoms with E-state index >= 15 is 0 Å². The van der Waals surface area contributed by atoms with E-state index < -0.39 is 0 Å². The molecule has 0 saturated carbocycles. The van der Waals surface area contributed by atoms with Crippen molar-refractivity contribution in [2.75, 3.05) is 37.6 Å². The maximum absolute atomic E-state index is 8.52. The molecule has 3 nitrogen and oxygen atoms in total. The number of benzene rings is 1. The molecule has 1 aliphatic rings. The van der Waals surface area contributed by atoms with Crippen molar-refractivity contribution in [3.8, 4) is 6.07 Å². The summed E-state index contributed by atoms with van der Waals surface area (Å²) in [6.45, 7) is 8.03. The van der Waals surface area contributed by atoms with Gasteiger partial charge < -0.3 is 4.90 Å². The molecule has 0 N–H and O–H groups in total. The minimum Gasteiger partial charge on any atom is -0.369 e. The quantitative estimate of drug-likeness (QED) is 0.769. The molecule has 0 unspecified atom stereocenters. The molecule has 1 heterocycles. The van der Waals surface area contributed by atoms with Gasteiger partial charge in [-0.25, -0.2) is 0 Å². The van der Waals surface area contributed by atoms with Crippen molar-refractivity contribution in [1.82, 2.24) is 4.90 Å². The summed E-state index contributed by atoms with van der Waals surface area (Å²) in [5, 5.41) is 8.52. The monoisotopic (exact) mass is 269 g/mol. The minimum atomic E-state index is 1.08. The van der Waals surface area contributed by atoms with E-state index in [4.69, 9.17) is 5.26 Å². The molecule has 2 rings (SSSR count). The van der Waals surface area contributed by atoms with E-state index in [1.165, 1.54) is 31.1 Å². The third-order valence-corrected chi connectivity index (χ3v) is 3.81. The molecule has 0 radical (unpaired) electrons. The molecule has 1 aliphatic heterocycles. The maximum Gasteiger partial charge on any atom is 0.0912 e. The first-order chi connectivity index (χ1) is 9.83. The molecule has 1 fully saturated rings. The Morgan fingerprint density at radius 1 is 1.15 bits per heavy atom. The number of hydrogen-bond donors (Lipinski definition) is 0. The predicted molar refractivity (Wildman–Crippen MR) is 84.7 cm³/mol. The zero-order valence-corrected chi connectivity index (χ0v) is 12.3. The van der Waals surface area contributed by atoms with Gasteiger partial charge in [0.25, 0.3) is 0 Å². The second-order valence-electron chi connectivity index (χ2n) is 5.24. The number of piperazine rings is 1. The highest BCUT2D eigenvalue weighted by molar-refractivity contribution is 5.57. The smallest absolute Gasteiger partial charge is 0.0912 e. The van der Waals surface area contributed by atoms with Crippen LogP contribution in [0.2, 0.25) is 0 Å². The summed E-state index contributed by atoms with van der Waals surface area (Å²) in [4.78, 5) is 5.00. The fourth-order valence-electron chi connectivity index (χ4n) is 2.54. The van der Waals surface area contributed by atoms with Crippen LogP contribution in [0.3, 0.4) is 0 Å². The topological polar surface area (TPSA) is 30.3 Å². The lowest BCUT2D eigenvalue weighted by Gasteiger charge is -2.36. The van der Waals surface area contributed by atoms with Gasteiger partial charge in [0.2, 0.25) is 0 Å². The molecular formula is C17H23N3. The predicted octanol–water partition coefficient (Wildman–Crippen LogP) is 3.15. The third kappa shape index (κ3) is 4.11. The number of hydrogen-bond acceptors (Lipinski definition) is 3. The summed E-state index contributed by atoms with van der Waals surface area (Å²) in [6.07, 6.45) is 5.94. The van der Waals surface area contributed by atoms with Crippen molar-refractivity contribution in [3.05, 3.63) is 35.9 Å². The molecular weight excluding hydrogens is 246 g/mol. The molecule has 0 amide bonds. The summed E-state index contributed by atoms with van der Waals surface area (Å²) in [7, 11) is 0. The van der Waals surface area contributed by atoms with Crippen LogP contribution in [0.4, 0.5) is 5.69 Å². The van der Waals surface area contributed by atoms with Crippen LogP contribution in [0.1, 0.15) is 25.3 Å². The third-order valence-electron chi connectivity index (χ3n) is 3.81. The Morgan fingerprint density at radius 3 is 2.45 bits per heavy atom. The molecule has 0 spiro atoms.